The summed E-state index contributed by atoms with van der Waals surface area (Å²) in [6.07, 6.45) is 16.2. The van der Waals surface area contributed by atoms with Gasteiger partial charge in [0.15, 0.2) is 0 Å². The normalized spacial score (nSPS) is 17.9. The van der Waals surface area contributed by atoms with Crippen molar-refractivity contribution in [2.75, 3.05) is 6.79 Å². The van der Waals surface area contributed by atoms with Crippen molar-refractivity contribution in [3.63, 3.8) is 0 Å². The molecule has 1 aliphatic rings. The van der Waals surface area contributed by atoms with E-state index < -0.39 is 5.97 Å². The van der Waals surface area contributed by atoms with Gasteiger partial charge in [0.25, 0.3) is 0 Å². The van der Waals surface area contributed by atoms with Crippen LogP contribution in [0.5, 0.6) is 0 Å². The van der Waals surface area contributed by atoms with Gasteiger partial charge in [-0.1, -0.05) is 62.3 Å². The van der Waals surface area contributed by atoms with E-state index in [1.807, 2.05) is 32.1 Å². The van der Waals surface area contributed by atoms with Crippen molar-refractivity contribution >= 4 is 11.9 Å². The maximum atomic E-state index is 11.7. The molecule has 4 nitrogen and oxygen atoms in total. The van der Waals surface area contributed by atoms with E-state index in [9.17, 15) is 9.59 Å². The maximum absolute atomic E-state index is 11.7. The van der Waals surface area contributed by atoms with Crippen molar-refractivity contribution in [3.05, 3.63) is 58.7 Å². The summed E-state index contributed by atoms with van der Waals surface area (Å²) in [5.41, 5.74) is 5.06. The quantitative estimate of drug-likeness (QED) is 0.195. The van der Waals surface area contributed by atoms with Gasteiger partial charge in [0, 0.05) is 12.5 Å². The molecule has 0 amide bonds. The number of hydrogen-bond donors (Lipinski definition) is 0. The van der Waals surface area contributed by atoms with Crippen LogP contribution in [0.15, 0.2) is 58.7 Å². The van der Waals surface area contributed by atoms with Gasteiger partial charge in [-0.25, -0.2) is 4.79 Å². The molecule has 0 bridgehead atoms. The number of carbonyl (C=O) groups excluding carboxylic acids is 2. The number of hydrogen-bond acceptors (Lipinski definition) is 4. The number of esters is 2. The van der Waals surface area contributed by atoms with Crippen molar-refractivity contribution in [3.8, 4) is 0 Å². The predicted octanol–water partition coefficient (Wildman–Crippen LogP) is 6.36. The van der Waals surface area contributed by atoms with Crippen LogP contribution in [0.3, 0.4) is 0 Å². The molecule has 0 atom stereocenters. The van der Waals surface area contributed by atoms with Crippen LogP contribution in [-0.2, 0) is 19.1 Å². The zero-order valence-electron chi connectivity index (χ0n) is 18.8. The molecule has 1 aliphatic carbocycles. The van der Waals surface area contributed by atoms with Crippen LogP contribution < -0.4 is 0 Å². The number of rotatable bonds is 9. The number of allylic oxidation sites excluding steroid dienone is 9. The van der Waals surface area contributed by atoms with Gasteiger partial charge in [-0.15, -0.1) is 0 Å². The first-order valence-corrected chi connectivity index (χ1v) is 10.4. The molecule has 29 heavy (non-hydrogen) atoms. The molecule has 0 N–H and O–H groups in total. The minimum Gasteiger partial charge on any atom is -0.428 e. The zero-order chi connectivity index (χ0) is 21.9. The second-order valence-electron chi connectivity index (χ2n) is 8.27. The third kappa shape index (κ3) is 9.60. The van der Waals surface area contributed by atoms with Crippen molar-refractivity contribution in [2.45, 2.75) is 73.6 Å². The Hall–Kier alpha value is -2.36. The molecule has 0 saturated carbocycles. The van der Waals surface area contributed by atoms with Crippen molar-refractivity contribution in [1.82, 2.24) is 0 Å². The van der Waals surface area contributed by atoms with Gasteiger partial charge in [-0.2, -0.15) is 0 Å². The summed E-state index contributed by atoms with van der Waals surface area (Å²) in [6, 6.07) is 0. The predicted molar refractivity (Wildman–Crippen MR) is 118 cm³/mol. The van der Waals surface area contributed by atoms with Gasteiger partial charge in [-0.05, 0) is 63.0 Å². The summed E-state index contributed by atoms with van der Waals surface area (Å²) in [7, 11) is 0. The average Bonchev–Trinajstić information content (AvgIpc) is 2.60. The SMILES string of the molecule is CCCC(=O)OCOC(=O)/C=C(C)/C=C/C=C(C)/C=C/C1=C(C)CCCC1(C)C. The highest BCUT2D eigenvalue weighted by Gasteiger charge is 2.26. The summed E-state index contributed by atoms with van der Waals surface area (Å²) in [5.74, 6) is -0.892. The minimum absolute atomic E-state index is 0.236. The highest BCUT2D eigenvalue weighted by Crippen LogP contribution is 2.40. The zero-order valence-corrected chi connectivity index (χ0v) is 18.8. The van der Waals surface area contributed by atoms with Gasteiger partial charge in [-0.3, -0.25) is 4.79 Å². The Labute approximate surface area is 176 Å². The first-order chi connectivity index (χ1) is 13.7. The fraction of sp³-hybridized carbons (Fsp3) is 0.520. The van der Waals surface area contributed by atoms with Gasteiger partial charge in [0.2, 0.25) is 6.79 Å². The van der Waals surface area contributed by atoms with Crippen LogP contribution in [0.25, 0.3) is 0 Å². The van der Waals surface area contributed by atoms with Crippen LogP contribution >= 0.6 is 0 Å². The summed E-state index contributed by atoms with van der Waals surface area (Å²) in [5, 5.41) is 0. The molecule has 0 heterocycles. The summed E-state index contributed by atoms with van der Waals surface area (Å²) in [4.78, 5) is 22.9. The fourth-order valence-electron chi connectivity index (χ4n) is 3.34. The molecule has 0 unspecified atom stereocenters. The minimum atomic E-state index is -0.529. The number of ether oxygens (including phenoxy) is 2. The Balaban J connectivity index is 2.57. The lowest BCUT2D eigenvalue weighted by molar-refractivity contribution is -0.163. The molecule has 0 radical (unpaired) electrons. The van der Waals surface area contributed by atoms with Crippen LogP contribution in [-0.4, -0.2) is 18.7 Å². The average molecular weight is 401 g/mol. The van der Waals surface area contributed by atoms with Gasteiger partial charge in [0.1, 0.15) is 0 Å². The maximum Gasteiger partial charge on any atom is 0.333 e. The highest BCUT2D eigenvalue weighted by atomic mass is 16.7. The molecule has 0 spiro atoms. The standard InChI is InChI=1S/C25H36O4/c1-7-10-23(26)28-18-29-24(27)17-20(3)12-8-11-19(2)14-15-22-21(4)13-9-16-25(22,5)6/h8,11-12,14-15,17H,7,9-10,13,16,18H2,1-6H3/b12-8+,15-14+,19-11+,20-17+. The lowest BCUT2D eigenvalue weighted by atomic mass is 9.72. The van der Waals surface area contributed by atoms with E-state index in [1.165, 1.54) is 36.5 Å². The van der Waals surface area contributed by atoms with Crippen molar-refractivity contribution < 1.29 is 19.1 Å². The molecule has 1 rings (SSSR count). The fourth-order valence-corrected chi connectivity index (χ4v) is 3.34. The second-order valence-corrected chi connectivity index (χ2v) is 8.27. The molecule has 0 aromatic heterocycles. The number of carbonyl (C=O) groups is 2. The van der Waals surface area contributed by atoms with E-state index in [0.29, 0.717) is 12.8 Å². The highest BCUT2D eigenvalue weighted by molar-refractivity contribution is 5.83. The summed E-state index contributed by atoms with van der Waals surface area (Å²) < 4.78 is 9.66. The second kappa shape index (κ2) is 12.3. The topological polar surface area (TPSA) is 52.6 Å². The van der Waals surface area contributed by atoms with Crippen molar-refractivity contribution in [1.29, 1.82) is 0 Å². The molecule has 0 aromatic carbocycles. The summed E-state index contributed by atoms with van der Waals surface area (Å²) >= 11 is 0. The smallest absolute Gasteiger partial charge is 0.333 e. The first kappa shape index (κ1) is 24.7. The molecule has 0 aliphatic heterocycles. The molecular weight excluding hydrogens is 364 g/mol. The van der Waals surface area contributed by atoms with E-state index in [1.54, 1.807) is 0 Å². The van der Waals surface area contributed by atoms with Crippen LogP contribution in [0.4, 0.5) is 0 Å². The molecular formula is C25H36O4. The van der Waals surface area contributed by atoms with E-state index >= 15 is 0 Å². The third-order valence-corrected chi connectivity index (χ3v) is 4.99. The third-order valence-electron chi connectivity index (χ3n) is 4.99. The van der Waals surface area contributed by atoms with Gasteiger partial charge in [0.05, 0.1) is 0 Å². The molecule has 4 heteroatoms. The lowest BCUT2D eigenvalue weighted by Crippen LogP contribution is -2.19. The Bertz CT molecular complexity index is 730. The Morgan fingerprint density at radius 2 is 1.83 bits per heavy atom. The Morgan fingerprint density at radius 3 is 2.48 bits per heavy atom. The molecule has 160 valence electrons. The Morgan fingerprint density at radius 1 is 1.10 bits per heavy atom. The van der Waals surface area contributed by atoms with E-state index in [4.69, 9.17) is 9.47 Å². The van der Waals surface area contributed by atoms with E-state index in [-0.39, 0.29) is 18.2 Å². The lowest BCUT2D eigenvalue weighted by Gasteiger charge is -2.32. The monoisotopic (exact) mass is 400 g/mol. The molecule has 0 fully saturated rings. The first-order valence-electron chi connectivity index (χ1n) is 10.4. The molecule has 0 saturated heterocycles. The Kier molecular flexibility index (Phi) is 10.4. The van der Waals surface area contributed by atoms with E-state index in [2.05, 4.69) is 39.8 Å². The van der Waals surface area contributed by atoms with Gasteiger partial charge < -0.3 is 9.47 Å². The van der Waals surface area contributed by atoms with Crippen molar-refractivity contribution in [2.24, 2.45) is 5.41 Å². The molecule has 0 aromatic rings. The van der Waals surface area contributed by atoms with E-state index in [0.717, 1.165) is 11.1 Å². The van der Waals surface area contributed by atoms with Crippen LogP contribution in [0.1, 0.15) is 73.6 Å². The van der Waals surface area contributed by atoms with Crippen LogP contribution in [0, 0.1) is 5.41 Å². The summed E-state index contributed by atoms with van der Waals surface area (Å²) in [6.45, 7) is 12.3. The van der Waals surface area contributed by atoms with Crippen LogP contribution in [0.2, 0.25) is 0 Å². The van der Waals surface area contributed by atoms with Gasteiger partial charge >= 0.3 is 11.9 Å². The largest absolute Gasteiger partial charge is 0.428 e.